The number of aromatic hydroxyl groups is 1. The number of phenols is 1. The molecule has 17 heavy (non-hydrogen) atoms. The monoisotopic (exact) mass is 234 g/mol. The van der Waals surface area contributed by atoms with E-state index in [1.165, 1.54) is 12.8 Å². The normalized spacial score (nSPS) is 20.9. The summed E-state index contributed by atoms with van der Waals surface area (Å²) in [6, 6.07) is 5.74. The van der Waals surface area contributed by atoms with E-state index in [9.17, 15) is 10.2 Å². The number of hydrogen-bond acceptors (Lipinski definition) is 2. The Morgan fingerprint density at radius 1 is 1.41 bits per heavy atom. The Morgan fingerprint density at radius 2 is 2.06 bits per heavy atom. The van der Waals surface area contributed by atoms with Gasteiger partial charge in [-0.05, 0) is 43.6 Å². The van der Waals surface area contributed by atoms with Gasteiger partial charge in [-0.25, -0.2) is 0 Å². The zero-order chi connectivity index (χ0) is 12.6. The number of hydrogen-bond donors (Lipinski definition) is 2. The van der Waals surface area contributed by atoms with Gasteiger partial charge in [-0.2, -0.15) is 0 Å². The fourth-order valence-electron chi connectivity index (χ4n) is 2.40. The van der Waals surface area contributed by atoms with Gasteiger partial charge in [0, 0.05) is 5.56 Å². The lowest BCUT2D eigenvalue weighted by Crippen LogP contribution is -2.20. The highest BCUT2D eigenvalue weighted by Gasteiger charge is 2.32. The van der Waals surface area contributed by atoms with Crippen LogP contribution in [0.4, 0.5) is 0 Å². The van der Waals surface area contributed by atoms with Gasteiger partial charge < -0.3 is 10.2 Å². The van der Waals surface area contributed by atoms with Crippen LogP contribution < -0.4 is 0 Å². The summed E-state index contributed by atoms with van der Waals surface area (Å²) in [4.78, 5) is 0. The van der Waals surface area contributed by atoms with E-state index in [2.05, 4.69) is 6.92 Å². The first kappa shape index (κ1) is 12.4. The Labute approximate surface area is 103 Å². The van der Waals surface area contributed by atoms with Crippen molar-refractivity contribution in [3.05, 3.63) is 29.3 Å². The molecule has 0 amide bonds. The summed E-state index contributed by atoms with van der Waals surface area (Å²) >= 11 is 0. The lowest BCUT2D eigenvalue weighted by Gasteiger charge is -2.25. The first-order valence-corrected chi connectivity index (χ1v) is 6.52. The predicted molar refractivity (Wildman–Crippen MR) is 69.1 cm³/mol. The zero-order valence-electron chi connectivity index (χ0n) is 10.9. The molecule has 1 aromatic rings. The summed E-state index contributed by atoms with van der Waals surface area (Å²) in [5.74, 6) is 1.39. The molecule has 0 spiro atoms. The summed E-state index contributed by atoms with van der Waals surface area (Å²) in [5, 5.41) is 20.6. The Morgan fingerprint density at radius 3 is 2.59 bits per heavy atom. The number of benzene rings is 1. The molecule has 2 rings (SSSR count). The van der Waals surface area contributed by atoms with E-state index in [0.717, 1.165) is 5.56 Å². The summed E-state index contributed by atoms with van der Waals surface area (Å²) in [5.41, 5.74) is 0.701. The minimum atomic E-state index is -0.941. The van der Waals surface area contributed by atoms with Gasteiger partial charge in [-0.3, -0.25) is 0 Å². The van der Waals surface area contributed by atoms with Crippen molar-refractivity contribution >= 4 is 0 Å². The minimum absolute atomic E-state index is 0.291. The molecule has 0 radical (unpaired) electrons. The molecule has 0 bridgehead atoms. The highest BCUT2D eigenvalue weighted by atomic mass is 16.3. The van der Waals surface area contributed by atoms with E-state index in [1.54, 1.807) is 6.92 Å². The molecular formula is C15H22O2. The maximum absolute atomic E-state index is 10.3. The highest BCUT2D eigenvalue weighted by molar-refractivity contribution is 5.45. The molecule has 0 heterocycles. The number of aliphatic hydroxyl groups is 1. The highest BCUT2D eigenvalue weighted by Crippen LogP contribution is 2.46. The Bertz CT molecular complexity index is 405. The van der Waals surface area contributed by atoms with Crippen LogP contribution in [0.25, 0.3) is 0 Å². The van der Waals surface area contributed by atoms with Gasteiger partial charge in [0.15, 0.2) is 0 Å². The van der Waals surface area contributed by atoms with Crippen LogP contribution in [0.2, 0.25) is 0 Å². The third kappa shape index (κ3) is 2.32. The number of phenolic OH excluding ortho intramolecular Hbond substituents is 1. The first-order chi connectivity index (χ1) is 7.97. The first-order valence-electron chi connectivity index (χ1n) is 6.52. The largest absolute Gasteiger partial charge is 0.507 e. The molecule has 1 fully saturated rings. The van der Waals surface area contributed by atoms with Gasteiger partial charge in [0.05, 0.1) is 5.60 Å². The van der Waals surface area contributed by atoms with Crippen LogP contribution in [0.1, 0.15) is 57.1 Å². The molecule has 0 saturated heterocycles. The van der Waals surface area contributed by atoms with E-state index >= 15 is 0 Å². The maximum Gasteiger partial charge on any atom is 0.125 e. The fourth-order valence-corrected chi connectivity index (χ4v) is 2.40. The van der Waals surface area contributed by atoms with Gasteiger partial charge >= 0.3 is 0 Å². The second-order valence-electron chi connectivity index (χ2n) is 5.50. The molecule has 0 aliphatic heterocycles. The molecule has 1 unspecified atom stereocenters. The smallest absolute Gasteiger partial charge is 0.125 e. The molecule has 1 aliphatic carbocycles. The van der Waals surface area contributed by atoms with E-state index in [4.69, 9.17) is 0 Å². The van der Waals surface area contributed by atoms with E-state index < -0.39 is 5.60 Å². The van der Waals surface area contributed by atoms with Crippen molar-refractivity contribution in [2.45, 2.75) is 51.6 Å². The average molecular weight is 234 g/mol. The van der Waals surface area contributed by atoms with Crippen LogP contribution in [0.5, 0.6) is 5.75 Å². The summed E-state index contributed by atoms with van der Waals surface area (Å²) in [7, 11) is 0. The SMILES string of the molecule is CCC(C)(O)c1cccc([C@H](C)C2CC2)c1O. The van der Waals surface area contributed by atoms with Gasteiger partial charge in [-0.15, -0.1) is 0 Å². The van der Waals surface area contributed by atoms with E-state index in [0.29, 0.717) is 29.6 Å². The average Bonchev–Trinajstić information content (AvgIpc) is 3.12. The van der Waals surface area contributed by atoms with Crippen LogP contribution in [-0.2, 0) is 5.60 Å². The Kier molecular flexibility index (Phi) is 3.17. The third-order valence-corrected chi connectivity index (χ3v) is 4.16. The molecule has 1 aromatic carbocycles. The van der Waals surface area contributed by atoms with Crippen molar-refractivity contribution in [1.82, 2.24) is 0 Å². The maximum atomic E-state index is 10.3. The molecule has 2 heteroatoms. The van der Waals surface area contributed by atoms with Crippen LogP contribution in [0.3, 0.4) is 0 Å². The van der Waals surface area contributed by atoms with Crippen molar-refractivity contribution in [2.24, 2.45) is 5.92 Å². The third-order valence-electron chi connectivity index (χ3n) is 4.16. The van der Waals surface area contributed by atoms with Gasteiger partial charge in [0.1, 0.15) is 5.75 Å². The standard InChI is InChI=1S/C15H22O2/c1-4-15(3,17)13-7-5-6-12(14(13)16)10(2)11-8-9-11/h5-7,10-11,16-17H,4,8-9H2,1-3H3/t10-,15?/m1/s1. The van der Waals surface area contributed by atoms with Crippen molar-refractivity contribution in [3.8, 4) is 5.75 Å². The molecule has 1 saturated carbocycles. The summed E-state index contributed by atoms with van der Waals surface area (Å²) in [6.45, 7) is 5.85. The molecule has 0 aromatic heterocycles. The van der Waals surface area contributed by atoms with Crippen LogP contribution in [0, 0.1) is 5.92 Å². The fraction of sp³-hybridized carbons (Fsp3) is 0.600. The number of rotatable bonds is 4. The van der Waals surface area contributed by atoms with Gasteiger partial charge in [-0.1, -0.05) is 32.0 Å². The Hall–Kier alpha value is -1.02. The Balaban J connectivity index is 2.39. The molecule has 2 atom stereocenters. The number of para-hydroxylation sites is 1. The van der Waals surface area contributed by atoms with Gasteiger partial charge in [0.2, 0.25) is 0 Å². The second-order valence-corrected chi connectivity index (χ2v) is 5.50. The van der Waals surface area contributed by atoms with E-state index in [1.807, 2.05) is 25.1 Å². The predicted octanol–water partition coefficient (Wildman–Crippen LogP) is 3.52. The molecule has 2 N–H and O–H groups in total. The van der Waals surface area contributed by atoms with Crippen LogP contribution >= 0.6 is 0 Å². The van der Waals surface area contributed by atoms with Crippen LogP contribution in [-0.4, -0.2) is 10.2 Å². The zero-order valence-corrected chi connectivity index (χ0v) is 10.9. The summed E-state index contributed by atoms with van der Waals surface area (Å²) < 4.78 is 0. The van der Waals surface area contributed by atoms with Crippen molar-refractivity contribution in [1.29, 1.82) is 0 Å². The van der Waals surface area contributed by atoms with Crippen molar-refractivity contribution in [3.63, 3.8) is 0 Å². The lowest BCUT2D eigenvalue weighted by atomic mass is 9.87. The molecule has 1 aliphatic rings. The lowest BCUT2D eigenvalue weighted by molar-refractivity contribution is 0.0504. The van der Waals surface area contributed by atoms with Crippen LogP contribution in [0.15, 0.2) is 18.2 Å². The topological polar surface area (TPSA) is 40.5 Å². The minimum Gasteiger partial charge on any atom is -0.507 e. The van der Waals surface area contributed by atoms with E-state index in [-0.39, 0.29) is 0 Å². The van der Waals surface area contributed by atoms with Crippen molar-refractivity contribution in [2.75, 3.05) is 0 Å². The second kappa shape index (κ2) is 4.34. The van der Waals surface area contributed by atoms with Crippen molar-refractivity contribution < 1.29 is 10.2 Å². The molecule has 2 nitrogen and oxygen atoms in total. The molecular weight excluding hydrogens is 212 g/mol. The van der Waals surface area contributed by atoms with Gasteiger partial charge in [0.25, 0.3) is 0 Å². The molecule has 94 valence electrons. The summed E-state index contributed by atoms with van der Waals surface area (Å²) in [6.07, 6.45) is 3.12. The quantitative estimate of drug-likeness (QED) is 0.836.